The molecule has 1 amide bonds. The molecule has 4 heteroatoms. The molecule has 1 aromatic rings. The van der Waals surface area contributed by atoms with Gasteiger partial charge in [0.15, 0.2) is 0 Å². The molecule has 0 unspecified atom stereocenters. The average Bonchev–Trinajstić information content (AvgIpc) is 2.53. The standard InChI is InChI=1S/C17H20N2O2/c1-13(2)15-5-3-14(4-6-15)11-16(12-18)17(20)19-7-9-21-10-8-19/h3-6,11,13H,7-10H2,1-2H3/b16-11+. The average molecular weight is 284 g/mol. The van der Waals surface area contributed by atoms with E-state index in [2.05, 4.69) is 13.8 Å². The molecular weight excluding hydrogens is 264 g/mol. The van der Waals surface area contributed by atoms with Gasteiger partial charge in [-0.15, -0.1) is 0 Å². The third kappa shape index (κ3) is 3.93. The molecule has 0 N–H and O–H groups in total. The van der Waals surface area contributed by atoms with Crippen LogP contribution in [0.4, 0.5) is 0 Å². The first-order valence-electron chi connectivity index (χ1n) is 7.20. The van der Waals surface area contributed by atoms with Gasteiger partial charge in [-0.25, -0.2) is 0 Å². The van der Waals surface area contributed by atoms with Gasteiger partial charge in [-0.1, -0.05) is 38.1 Å². The Morgan fingerprint density at radius 3 is 2.43 bits per heavy atom. The van der Waals surface area contributed by atoms with Crippen LogP contribution in [0, 0.1) is 11.3 Å². The van der Waals surface area contributed by atoms with Gasteiger partial charge >= 0.3 is 0 Å². The van der Waals surface area contributed by atoms with Gasteiger partial charge in [0.1, 0.15) is 11.6 Å². The molecule has 0 aromatic heterocycles. The van der Waals surface area contributed by atoms with E-state index in [1.807, 2.05) is 30.3 Å². The number of benzene rings is 1. The number of nitrogens with zero attached hydrogens (tertiary/aromatic N) is 2. The zero-order chi connectivity index (χ0) is 15.2. The van der Waals surface area contributed by atoms with Crippen molar-refractivity contribution in [1.82, 2.24) is 4.90 Å². The summed E-state index contributed by atoms with van der Waals surface area (Å²) < 4.78 is 5.22. The Morgan fingerprint density at radius 2 is 1.90 bits per heavy atom. The first-order chi connectivity index (χ1) is 10.1. The molecule has 1 aliphatic rings. The van der Waals surface area contributed by atoms with Gasteiger partial charge in [0.2, 0.25) is 0 Å². The molecule has 110 valence electrons. The molecule has 0 saturated carbocycles. The second-order valence-electron chi connectivity index (χ2n) is 5.40. The van der Waals surface area contributed by atoms with E-state index in [4.69, 9.17) is 4.74 Å². The summed E-state index contributed by atoms with van der Waals surface area (Å²) in [5.41, 5.74) is 2.29. The lowest BCUT2D eigenvalue weighted by atomic mass is 10.0. The highest BCUT2D eigenvalue weighted by Crippen LogP contribution is 2.17. The summed E-state index contributed by atoms with van der Waals surface area (Å²) >= 11 is 0. The minimum Gasteiger partial charge on any atom is -0.378 e. The van der Waals surface area contributed by atoms with Crippen LogP contribution in [0.1, 0.15) is 30.9 Å². The van der Waals surface area contributed by atoms with Crippen LogP contribution in [-0.2, 0) is 9.53 Å². The second kappa shape index (κ2) is 7.05. The topological polar surface area (TPSA) is 53.3 Å². The zero-order valence-corrected chi connectivity index (χ0v) is 12.5. The Hall–Kier alpha value is -2.12. The predicted octanol–water partition coefficient (Wildman–Crippen LogP) is 2.58. The molecule has 0 radical (unpaired) electrons. The fourth-order valence-corrected chi connectivity index (χ4v) is 2.22. The lowest BCUT2D eigenvalue weighted by Gasteiger charge is -2.26. The van der Waals surface area contributed by atoms with Crippen LogP contribution in [0.25, 0.3) is 6.08 Å². The van der Waals surface area contributed by atoms with Gasteiger partial charge in [0.25, 0.3) is 5.91 Å². The molecule has 1 saturated heterocycles. The molecule has 0 aliphatic carbocycles. The minimum absolute atomic E-state index is 0.175. The van der Waals surface area contributed by atoms with Crippen molar-refractivity contribution in [2.45, 2.75) is 19.8 Å². The second-order valence-corrected chi connectivity index (χ2v) is 5.40. The Bertz CT molecular complexity index is 561. The van der Waals surface area contributed by atoms with Crippen LogP contribution in [0.3, 0.4) is 0 Å². The molecule has 1 heterocycles. The highest BCUT2D eigenvalue weighted by Gasteiger charge is 2.20. The van der Waals surface area contributed by atoms with Gasteiger partial charge in [-0.2, -0.15) is 5.26 Å². The van der Waals surface area contributed by atoms with E-state index in [-0.39, 0.29) is 11.5 Å². The smallest absolute Gasteiger partial charge is 0.264 e. The first kappa shape index (κ1) is 15.3. The fourth-order valence-electron chi connectivity index (χ4n) is 2.22. The van der Waals surface area contributed by atoms with E-state index >= 15 is 0 Å². The maximum Gasteiger partial charge on any atom is 0.264 e. The molecule has 2 rings (SSSR count). The molecule has 0 bridgehead atoms. The van der Waals surface area contributed by atoms with Crippen molar-refractivity contribution < 1.29 is 9.53 Å². The van der Waals surface area contributed by atoms with Crippen molar-refractivity contribution in [3.8, 4) is 6.07 Å². The van der Waals surface area contributed by atoms with Gasteiger partial charge in [0.05, 0.1) is 13.2 Å². The number of morpholine rings is 1. The molecular formula is C17H20N2O2. The largest absolute Gasteiger partial charge is 0.378 e. The Kier molecular flexibility index (Phi) is 5.13. The number of hydrogen-bond donors (Lipinski definition) is 0. The molecule has 1 fully saturated rings. The van der Waals surface area contributed by atoms with Crippen molar-refractivity contribution in [2.24, 2.45) is 0 Å². The quantitative estimate of drug-likeness (QED) is 0.633. The van der Waals surface area contributed by atoms with E-state index in [0.29, 0.717) is 32.2 Å². The molecule has 0 spiro atoms. The van der Waals surface area contributed by atoms with Gasteiger partial charge in [-0.05, 0) is 23.1 Å². The van der Waals surface area contributed by atoms with Crippen molar-refractivity contribution in [3.63, 3.8) is 0 Å². The Morgan fingerprint density at radius 1 is 1.29 bits per heavy atom. The maximum absolute atomic E-state index is 12.3. The van der Waals surface area contributed by atoms with Gasteiger partial charge in [-0.3, -0.25) is 4.79 Å². The van der Waals surface area contributed by atoms with Crippen LogP contribution < -0.4 is 0 Å². The number of carbonyl (C=O) groups is 1. The summed E-state index contributed by atoms with van der Waals surface area (Å²) in [4.78, 5) is 14.0. The Labute approximate surface area is 125 Å². The van der Waals surface area contributed by atoms with E-state index in [9.17, 15) is 10.1 Å². The summed E-state index contributed by atoms with van der Waals surface area (Å²) in [7, 11) is 0. The van der Waals surface area contributed by atoms with Crippen LogP contribution >= 0.6 is 0 Å². The summed E-state index contributed by atoms with van der Waals surface area (Å²) in [6, 6.07) is 9.97. The molecule has 21 heavy (non-hydrogen) atoms. The lowest BCUT2D eigenvalue weighted by Crippen LogP contribution is -2.41. The van der Waals surface area contributed by atoms with Gasteiger partial charge in [0, 0.05) is 13.1 Å². The number of ether oxygens (including phenoxy) is 1. The number of rotatable bonds is 3. The lowest BCUT2D eigenvalue weighted by molar-refractivity contribution is -0.130. The van der Waals surface area contributed by atoms with E-state index in [0.717, 1.165) is 5.56 Å². The number of hydrogen-bond acceptors (Lipinski definition) is 3. The third-order valence-electron chi connectivity index (χ3n) is 3.56. The van der Waals surface area contributed by atoms with E-state index in [1.54, 1.807) is 11.0 Å². The minimum atomic E-state index is -0.214. The van der Waals surface area contributed by atoms with Crippen LogP contribution in [0.2, 0.25) is 0 Å². The number of carbonyl (C=O) groups excluding carboxylic acids is 1. The summed E-state index contributed by atoms with van der Waals surface area (Å²) in [5.74, 6) is 0.252. The number of nitriles is 1. The van der Waals surface area contributed by atoms with Crippen LogP contribution in [0.5, 0.6) is 0 Å². The van der Waals surface area contributed by atoms with E-state index < -0.39 is 0 Å². The first-order valence-corrected chi connectivity index (χ1v) is 7.20. The SMILES string of the molecule is CC(C)c1ccc(/C=C(\C#N)C(=O)N2CCOCC2)cc1. The predicted molar refractivity (Wildman–Crippen MR) is 81.5 cm³/mol. The molecule has 1 aliphatic heterocycles. The van der Waals surface area contributed by atoms with Crippen LogP contribution in [-0.4, -0.2) is 37.1 Å². The van der Waals surface area contributed by atoms with E-state index in [1.165, 1.54) is 5.56 Å². The van der Waals surface area contributed by atoms with Gasteiger partial charge < -0.3 is 9.64 Å². The van der Waals surface area contributed by atoms with Crippen molar-refractivity contribution in [2.75, 3.05) is 26.3 Å². The highest BCUT2D eigenvalue weighted by molar-refractivity contribution is 6.01. The highest BCUT2D eigenvalue weighted by atomic mass is 16.5. The summed E-state index contributed by atoms with van der Waals surface area (Å²) in [6.45, 7) is 6.43. The number of amides is 1. The fraction of sp³-hybridized carbons (Fsp3) is 0.412. The molecule has 0 atom stereocenters. The maximum atomic E-state index is 12.3. The van der Waals surface area contributed by atoms with Crippen LogP contribution in [0.15, 0.2) is 29.8 Å². The third-order valence-corrected chi connectivity index (χ3v) is 3.56. The summed E-state index contributed by atoms with van der Waals surface area (Å²) in [6.07, 6.45) is 1.65. The zero-order valence-electron chi connectivity index (χ0n) is 12.5. The Balaban J connectivity index is 2.16. The van der Waals surface area contributed by atoms with Crippen molar-refractivity contribution in [1.29, 1.82) is 5.26 Å². The summed E-state index contributed by atoms with van der Waals surface area (Å²) in [5, 5.41) is 9.23. The normalized spacial score (nSPS) is 15.9. The van der Waals surface area contributed by atoms with Crippen molar-refractivity contribution >= 4 is 12.0 Å². The monoisotopic (exact) mass is 284 g/mol. The molecule has 1 aromatic carbocycles. The van der Waals surface area contributed by atoms with Crippen molar-refractivity contribution in [3.05, 3.63) is 41.0 Å². The molecule has 4 nitrogen and oxygen atoms in total.